The lowest BCUT2D eigenvalue weighted by Crippen LogP contribution is -2.38. The van der Waals surface area contributed by atoms with E-state index in [1.165, 1.54) is 17.0 Å². The van der Waals surface area contributed by atoms with Gasteiger partial charge in [0.15, 0.2) is 6.23 Å². The van der Waals surface area contributed by atoms with Crippen molar-refractivity contribution in [3.05, 3.63) is 65.2 Å². The van der Waals surface area contributed by atoms with Crippen molar-refractivity contribution in [2.45, 2.75) is 44.1 Å². The first-order valence-electron chi connectivity index (χ1n) is 9.41. The number of rotatable bonds is 4. The fraction of sp³-hybridized carbons (Fsp3) is 0.381. The minimum absolute atomic E-state index is 0.229. The molecule has 2 aromatic carbocycles. The number of carbonyl (C=O) groups is 1. The van der Waals surface area contributed by atoms with Crippen molar-refractivity contribution in [3.63, 3.8) is 0 Å². The van der Waals surface area contributed by atoms with Crippen LogP contribution in [0, 0.1) is 0 Å². The predicted molar refractivity (Wildman–Crippen MR) is 97.0 cm³/mol. The Balaban J connectivity index is 1.41. The molecule has 8 heteroatoms. The van der Waals surface area contributed by atoms with Crippen molar-refractivity contribution in [3.8, 4) is 5.75 Å². The third-order valence-electron chi connectivity index (χ3n) is 5.26. The largest absolute Gasteiger partial charge is 0.573 e. The number of halogens is 3. The molecule has 0 radical (unpaired) electrons. The second-order valence-electron chi connectivity index (χ2n) is 7.21. The standard InChI is InChI=1S/C21H20F3NO4/c22-21(23,24)29-14-10-8-13(9-11-14)18-7-3-4-15(28-18)12-25-19(26)16-5-1-2-6-17(16)20(25)27/h1-2,5-6,8-11,15,18-19,26H,3-4,7,12H2. The van der Waals surface area contributed by atoms with Gasteiger partial charge in [-0.25, -0.2) is 0 Å². The number of amides is 1. The summed E-state index contributed by atoms with van der Waals surface area (Å²) in [5.41, 5.74) is 1.83. The van der Waals surface area contributed by atoms with Crippen LogP contribution in [0.15, 0.2) is 48.5 Å². The minimum atomic E-state index is -4.73. The number of benzene rings is 2. The summed E-state index contributed by atoms with van der Waals surface area (Å²) in [6.45, 7) is 0.250. The van der Waals surface area contributed by atoms with Crippen LogP contribution in [-0.4, -0.2) is 34.9 Å². The van der Waals surface area contributed by atoms with Gasteiger partial charge < -0.3 is 19.5 Å². The number of nitrogens with zero attached hydrogens (tertiary/aromatic N) is 1. The quantitative estimate of drug-likeness (QED) is 0.819. The van der Waals surface area contributed by atoms with Crippen LogP contribution in [-0.2, 0) is 4.74 Å². The summed E-state index contributed by atoms with van der Waals surface area (Å²) >= 11 is 0. The SMILES string of the molecule is O=C1c2ccccc2C(O)N1CC1CCCC(c2ccc(OC(F)(F)F)cc2)O1. The number of hydrogen-bond donors (Lipinski definition) is 1. The fourth-order valence-corrected chi connectivity index (χ4v) is 3.92. The van der Waals surface area contributed by atoms with E-state index in [-0.39, 0.29) is 30.4 Å². The fourth-order valence-electron chi connectivity index (χ4n) is 3.92. The first-order valence-corrected chi connectivity index (χ1v) is 9.41. The highest BCUT2D eigenvalue weighted by molar-refractivity contribution is 5.98. The summed E-state index contributed by atoms with van der Waals surface area (Å²) in [5.74, 6) is -0.510. The Bertz CT molecular complexity index is 884. The molecular weight excluding hydrogens is 387 g/mol. The third kappa shape index (κ3) is 4.23. The molecule has 4 rings (SSSR count). The van der Waals surface area contributed by atoms with E-state index in [2.05, 4.69) is 4.74 Å². The molecule has 2 aromatic rings. The number of alkyl halides is 3. The first kappa shape index (κ1) is 19.7. The minimum Gasteiger partial charge on any atom is -0.406 e. The van der Waals surface area contributed by atoms with Crippen LogP contribution >= 0.6 is 0 Å². The van der Waals surface area contributed by atoms with Gasteiger partial charge in [0, 0.05) is 11.1 Å². The number of fused-ring (bicyclic) bond motifs is 1. The van der Waals surface area contributed by atoms with E-state index in [0.717, 1.165) is 24.8 Å². The second-order valence-corrected chi connectivity index (χ2v) is 7.21. The van der Waals surface area contributed by atoms with Crippen molar-refractivity contribution in [1.29, 1.82) is 0 Å². The summed E-state index contributed by atoms with van der Waals surface area (Å²) in [6, 6.07) is 12.6. The Hall–Kier alpha value is -2.58. The van der Waals surface area contributed by atoms with Crippen LogP contribution in [0.25, 0.3) is 0 Å². The van der Waals surface area contributed by atoms with Crippen molar-refractivity contribution in [2.75, 3.05) is 6.54 Å². The molecule has 0 spiro atoms. The van der Waals surface area contributed by atoms with Gasteiger partial charge in [0.25, 0.3) is 5.91 Å². The molecule has 1 amide bonds. The predicted octanol–water partition coefficient (Wildman–Crippen LogP) is 4.34. The van der Waals surface area contributed by atoms with Crippen LogP contribution in [0.2, 0.25) is 0 Å². The molecule has 3 unspecified atom stereocenters. The lowest BCUT2D eigenvalue weighted by Gasteiger charge is -2.34. The summed E-state index contributed by atoms with van der Waals surface area (Å²) in [5, 5.41) is 10.5. The van der Waals surface area contributed by atoms with Crippen molar-refractivity contribution in [2.24, 2.45) is 0 Å². The Kier molecular flexibility index (Phi) is 5.23. The zero-order valence-electron chi connectivity index (χ0n) is 15.4. The first-order chi connectivity index (χ1) is 13.8. The molecule has 154 valence electrons. The molecule has 0 saturated carbocycles. The number of aliphatic hydroxyl groups excluding tert-OH is 1. The molecule has 3 atom stereocenters. The van der Waals surface area contributed by atoms with E-state index < -0.39 is 12.6 Å². The summed E-state index contributed by atoms with van der Waals surface area (Å²) < 4.78 is 46.9. The Morgan fingerprint density at radius 1 is 1.10 bits per heavy atom. The van der Waals surface area contributed by atoms with Crippen molar-refractivity contribution in [1.82, 2.24) is 4.90 Å². The molecule has 1 fully saturated rings. The zero-order valence-corrected chi connectivity index (χ0v) is 15.4. The number of aliphatic hydroxyl groups is 1. The van der Waals surface area contributed by atoms with Gasteiger partial charge in [-0.3, -0.25) is 4.79 Å². The molecule has 5 nitrogen and oxygen atoms in total. The molecule has 0 bridgehead atoms. The van der Waals surface area contributed by atoms with E-state index in [1.54, 1.807) is 36.4 Å². The van der Waals surface area contributed by atoms with Gasteiger partial charge in [-0.15, -0.1) is 13.2 Å². The van der Waals surface area contributed by atoms with Crippen LogP contribution in [0.5, 0.6) is 5.75 Å². The van der Waals surface area contributed by atoms with Crippen LogP contribution < -0.4 is 4.74 Å². The summed E-state index contributed by atoms with van der Waals surface area (Å²) in [4.78, 5) is 14.0. The molecule has 2 aliphatic heterocycles. The van der Waals surface area contributed by atoms with Crippen LogP contribution in [0.1, 0.15) is 53.1 Å². The van der Waals surface area contributed by atoms with Gasteiger partial charge in [0.1, 0.15) is 5.75 Å². The molecule has 2 aliphatic rings. The number of hydrogen-bond acceptors (Lipinski definition) is 4. The van der Waals surface area contributed by atoms with Gasteiger partial charge in [0.2, 0.25) is 0 Å². The van der Waals surface area contributed by atoms with E-state index in [9.17, 15) is 23.1 Å². The molecule has 0 aromatic heterocycles. The summed E-state index contributed by atoms with van der Waals surface area (Å²) in [6.07, 6.45) is -3.97. The topological polar surface area (TPSA) is 59.0 Å². The smallest absolute Gasteiger partial charge is 0.406 e. The van der Waals surface area contributed by atoms with Crippen LogP contribution in [0.4, 0.5) is 13.2 Å². The lowest BCUT2D eigenvalue weighted by molar-refractivity contribution is -0.274. The third-order valence-corrected chi connectivity index (χ3v) is 5.26. The second kappa shape index (κ2) is 7.68. The average Bonchev–Trinajstić information content (AvgIpc) is 2.93. The molecule has 2 heterocycles. The van der Waals surface area contributed by atoms with Gasteiger partial charge in [-0.1, -0.05) is 30.3 Å². The Morgan fingerprint density at radius 2 is 1.83 bits per heavy atom. The van der Waals surface area contributed by atoms with Crippen LogP contribution in [0.3, 0.4) is 0 Å². The molecule has 29 heavy (non-hydrogen) atoms. The van der Waals surface area contributed by atoms with Gasteiger partial charge in [-0.2, -0.15) is 0 Å². The van der Waals surface area contributed by atoms with E-state index in [1.807, 2.05) is 0 Å². The van der Waals surface area contributed by atoms with Gasteiger partial charge in [-0.05, 0) is 43.0 Å². The highest BCUT2D eigenvalue weighted by Gasteiger charge is 2.37. The maximum absolute atomic E-state index is 12.6. The molecule has 1 saturated heterocycles. The molecule has 0 aliphatic carbocycles. The maximum atomic E-state index is 12.6. The molecule has 1 N–H and O–H groups in total. The van der Waals surface area contributed by atoms with Crippen molar-refractivity contribution < 1.29 is 32.5 Å². The van der Waals surface area contributed by atoms with E-state index in [0.29, 0.717) is 11.1 Å². The molecular formula is C21H20F3NO4. The maximum Gasteiger partial charge on any atom is 0.573 e. The highest BCUT2D eigenvalue weighted by Crippen LogP contribution is 2.36. The van der Waals surface area contributed by atoms with Gasteiger partial charge in [0.05, 0.1) is 18.8 Å². The monoisotopic (exact) mass is 407 g/mol. The Morgan fingerprint density at radius 3 is 2.52 bits per heavy atom. The lowest BCUT2D eigenvalue weighted by atomic mass is 9.98. The zero-order chi connectivity index (χ0) is 20.6. The number of ether oxygens (including phenoxy) is 2. The summed E-state index contributed by atoms with van der Waals surface area (Å²) in [7, 11) is 0. The Labute approximate surface area is 165 Å². The van der Waals surface area contributed by atoms with E-state index in [4.69, 9.17) is 4.74 Å². The normalized spacial score (nSPS) is 24.5. The highest BCUT2D eigenvalue weighted by atomic mass is 19.4. The average molecular weight is 407 g/mol. The van der Waals surface area contributed by atoms with E-state index >= 15 is 0 Å². The van der Waals surface area contributed by atoms with Crippen molar-refractivity contribution >= 4 is 5.91 Å². The number of carbonyl (C=O) groups excluding carboxylic acids is 1. The van der Waals surface area contributed by atoms with Gasteiger partial charge >= 0.3 is 6.36 Å².